The number of hydrogen-bond acceptors (Lipinski definition) is 5. The molecule has 5 heteroatoms. The number of thiophene rings is 1. The Hall–Kier alpha value is -1.27. The van der Waals surface area contributed by atoms with E-state index >= 15 is 0 Å². The Morgan fingerprint density at radius 2 is 2.25 bits per heavy atom. The molecular weight excluding hydrogens is 320 g/mol. The number of aromatic nitrogens is 1. The fourth-order valence-corrected chi connectivity index (χ4v) is 4.53. The smallest absolute Gasteiger partial charge is 0.0813 e. The summed E-state index contributed by atoms with van der Waals surface area (Å²) in [6.07, 6.45) is 7.73. The number of likely N-dealkylation sites (tertiary alicyclic amines) is 1. The lowest BCUT2D eigenvalue weighted by atomic mass is 9.99. The molecule has 2 fully saturated rings. The molecule has 0 N–H and O–H groups in total. The average Bonchev–Trinajstić information content (AvgIpc) is 3.26. The van der Waals surface area contributed by atoms with Crippen molar-refractivity contribution in [3.63, 3.8) is 0 Å². The highest BCUT2D eigenvalue weighted by Gasteiger charge is 2.39. The van der Waals surface area contributed by atoms with Crippen LogP contribution in [0.25, 0.3) is 0 Å². The standard InChI is InChI=1S/C19H24N2O2S/c1-3-15(11-20-8-1)13-22-14-16-5-6-18-19(23-16)7-9-21(18)12-17-4-2-10-24-17/h1-4,8,10-11,16,18-19H,5-7,9,12-14H2/t16-,18+,19+/m0/s1. The van der Waals surface area contributed by atoms with Gasteiger partial charge in [0.25, 0.3) is 0 Å². The molecule has 3 atom stereocenters. The predicted octanol–water partition coefficient (Wildman–Crippen LogP) is 3.48. The lowest BCUT2D eigenvalue weighted by Crippen LogP contribution is -2.43. The van der Waals surface area contributed by atoms with Gasteiger partial charge in [-0.05, 0) is 42.3 Å². The molecule has 0 spiro atoms. The van der Waals surface area contributed by atoms with Crippen LogP contribution in [0, 0.1) is 0 Å². The van der Waals surface area contributed by atoms with Crippen molar-refractivity contribution in [3.8, 4) is 0 Å². The van der Waals surface area contributed by atoms with E-state index in [0.29, 0.717) is 25.4 Å². The van der Waals surface area contributed by atoms with Gasteiger partial charge in [0.15, 0.2) is 0 Å². The first-order valence-corrected chi connectivity index (χ1v) is 9.65. The lowest BCUT2D eigenvalue weighted by Gasteiger charge is -2.35. The topological polar surface area (TPSA) is 34.6 Å². The Labute approximate surface area is 147 Å². The molecule has 2 aromatic heterocycles. The maximum absolute atomic E-state index is 6.32. The summed E-state index contributed by atoms with van der Waals surface area (Å²) in [6, 6.07) is 8.95. The third-order valence-corrected chi connectivity index (χ3v) is 5.85. The van der Waals surface area contributed by atoms with Gasteiger partial charge in [-0.1, -0.05) is 12.1 Å². The predicted molar refractivity (Wildman–Crippen MR) is 94.9 cm³/mol. The zero-order valence-electron chi connectivity index (χ0n) is 13.8. The van der Waals surface area contributed by atoms with E-state index in [2.05, 4.69) is 27.4 Å². The summed E-state index contributed by atoms with van der Waals surface area (Å²) < 4.78 is 12.2. The second kappa shape index (κ2) is 7.74. The van der Waals surface area contributed by atoms with E-state index < -0.39 is 0 Å². The SMILES string of the molecule is c1cncc(COC[C@@H]2CC[C@@H]3[C@@H](CCN3Cc3cccs3)O2)c1. The summed E-state index contributed by atoms with van der Waals surface area (Å²) in [5, 5.41) is 2.16. The fourth-order valence-electron chi connectivity index (χ4n) is 3.80. The number of nitrogens with zero attached hydrogens (tertiary/aromatic N) is 2. The number of rotatable bonds is 6. The molecule has 4 rings (SSSR count). The van der Waals surface area contributed by atoms with Crippen LogP contribution in [0.15, 0.2) is 42.0 Å². The highest BCUT2D eigenvalue weighted by molar-refractivity contribution is 7.09. The molecule has 24 heavy (non-hydrogen) atoms. The van der Waals surface area contributed by atoms with Gasteiger partial charge in [0.05, 0.1) is 25.4 Å². The molecule has 2 aliphatic heterocycles. The van der Waals surface area contributed by atoms with Gasteiger partial charge >= 0.3 is 0 Å². The Morgan fingerprint density at radius 1 is 1.25 bits per heavy atom. The Bertz CT molecular complexity index is 620. The third kappa shape index (κ3) is 3.86. The van der Waals surface area contributed by atoms with Crippen LogP contribution in [-0.2, 0) is 22.6 Å². The maximum atomic E-state index is 6.32. The van der Waals surface area contributed by atoms with E-state index in [1.54, 1.807) is 6.20 Å². The van der Waals surface area contributed by atoms with E-state index in [0.717, 1.165) is 31.5 Å². The second-order valence-electron chi connectivity index (χ2n) is 6.66. The molecule has 0 unspecified atom stereocenters. The Morgan fingerprint density at radius 3 is 3.08 bits per heavy atom. The summed E-state index contributed by atoms with van der Waals surface area (Å²) in [4.78, 5) is 8.17. The van der Waals surface area contributed by atoms with Crippen molar-refractivity contribution in [2.24, 2.45) is 0 Å². The monoisotopic (exact) mass is 344 g/mol. The van der Waals surface area contributed by atoms with Crippen LogP contribution in [0.4, 0.5) is 0 Å². The van der Waals surface area contributed by atoms with Crippen LogP contribution in [-0.4, -0.2) is 41.3 Å². The zero-order chi connectivity index (χ0) is 16.2. The van der Waals surface area contributed by atoms with Crippen molar-refractivity contribution in [3.05, 3.63) is 52.5 Å². The first-order chi connectivity index (χ1) is 11.9. The number of ether oxygens (including phenoxy) is 2. The van der Waals surface area contributed by atoms with Crippen LogP contribution in [0.2, 0.25) is 0 Å². The molecule has 4 nitrogen and oxygen atoms in total. The van der Waals surface area contributed by atoms with E-state index in [4.69, 9.17) is 9.47 Å². The van der Waals surface area contributed by atoms with E-state index in [9.17, 15) is 0 Å². The summed E-state index contributed by atoms with van der Waals surface area (Å²) in [5.41, 5.74) is 1.12. The fraction of sp³-hybridized carbons (Fsp3) is 0.526. The summed E-state index contributed by atoms with van der Waals surface area (Å²) in [6.45, 7) is 3.52. The minimum Gasteiger partial charge on any atom is -0.374 e. The minimum atomic E-state index is 0.240. The van der Waals surface area contributed by atoms with Crippen LogP contribution in [0.3, 0.4) is 0 Å². The largest absolute Gasteiger partial charge is 0.374 e. The molecule has 2 aliphatic rings. The second-order valence-corrected chi connectivity index (χ2v) is 7.69. The maximum Gasteiger partial charge on any atom is 0.0813 e. The van der Waals surface area contributed by atoms with Gasteiger partial charge < -0.3 is 9.47 Å². The number of hydrogen-bond donors (Lipinski definition) is 0. The van der Waals surface area contributed by atoms with Crippen molar-refractivity contribution in [1.82, 2.24) is 9.88 Å². The molecule has 128 valence electrons. The molecule has 2 aromatic rings. The van der Waals surface area contributed by atoms with Crippen LogP contribution >= 0.6 is 11.3 Å². The van der Waals surface area contributed by atoms with Crippen LogP contribution in [0.5, 0.6) is 0 Å². The minimum absolute atomic E-state index is 0.240. The molecular formula is C19H24N2O2S. The van der Waals surface area contributed by atoms with Gasteiger partial charge in [-0.2, -0.15) is 0 Å². The quantitative estimate of drug-likeness (QED) is 0.803. The van der Waals surface area contributed by atoms with E-state index in [1.807, 2.05) is 29.7 Å². The highest BCUT2D eigenvalue weighted by atomic mass is 32.1. The summed E-state index contributed by atoms with van der Waals surface area (Å²) >= 11 is 1.85. The van der Waals surface area contributed by atoms with Gasteiger partial charge in [0.1, 0.15) is 0 Å². The van der Waals surface area contributed by atoms with E-state index in [1.165, 1.54) is 11.3 Å². The molecule has 0 amide bonds. The Balaban J connectivity index is 1.23. The lowest BCUT2D eigenvalue weighted by molar-refractivity contribution is -0.102. The molecule has 0 bridgehead atoms. The molecule has 2 saturated heterocycles. The molecule has 4 heterocycles. The number of pyridine rings is 1. The first-order valence-electron chi connectivity index (χ1n) is 8.77. The first kappa shape index (κ1) is 16.2. The van der Waals surface area contributed by atoms with Gasteiger partial charge in [0.2, 0.25) is 0 Å². The molecule has 0 saturated carbocycles. The van der Waals surface area contributed by atoms with E-state index in [-0.39, 0.29) is 6.10 Å². The van der Waals surface area contributed by atoms with Crippen LogP contribution < -0.4 is 0 Å². The molecule has 0 aliphatic carbocycles. The summed E-state index contributed by atoms with van der Waals surface area (Å²) in [5.74, 6) is 0. The van der Waals surface area contributed by atoms with Gasteiger partial charge in [-0.25, -0.2) is 0 Å². The summed E-state index contributed by atoms with van der Waals surface area (Å²) in [7, 11) is 0. The Kier molecular flexibility index (Phi) is 5.23. The normalized spacial score (nSPS) is 27.2. The third-order valence-electron chi connectivity index (χ3n) is 4.98. The van der Waals surface area contributed by atoms with Crippen LogP contribution in [0.1, 0.15) is 29.7 Å². The van der Waals surface area contributed by atoms with Crippen molar-refractivity contribution in [1.29, 1.82) is 0 Å². The average molecular weight is 344 g/mol. The van der Waals surface area contributed by atoms with Crippen molar-refractivity contribution in [2.75, 3.05) is 13.2 Å². The molecule has 0 radical (unpaired) electrons. The highest BCUT2D eigenvalue weighted by Crippen LogP contribution is 2.33. The van der Waals surface area contributed by atoms with Crippen molar-refractivity contribution < 1.29 is 9.47 Å². The zero-order valence-corrected chi connectivity index (χ0v) is 14.7. The van der Waals surface area contributed by atoms with Crippen molar-refractivity contribution in [2.45, 2.75) is 50.7 Å². The molecule has 0 aromatic carbocycles. The number of fused-ring (bicyclic) bond motifs is 1. The van der Waals surface area contributed by atoms with Gasteiger partial charge in [0, 0.05) is 36.4 Å². The van der Waals surface area contributed by atoms with Crippen molar-refractivity contribution >= 4 is 11.3 Å². The van der Waals surface area contributed by atoms with Gasteiger partial charge in [-0.15, -0.1) is 11.3 Å². The van der Waals surface area contributed by atoms with Gasteiger partial charge in [-0.3, -0.25) is 9.88 Å².